The van der Waals surface area contributed by atoms with Crippen LogP contribution in [0.5, 0.6) is 5.88 Å². The van der Waals surface area contributed by atoms with E-state index in [1.807, 2.05) is 6.92 Å². The predicted octanol–water partition coefficient (Wildman–Crippen LogP) is 1.72. The molecule has 1 aromatic heterocycles. The number of hydrogen-bond donors (Lipinski definition) is 0. The lowest BCUT2D eigenvalue weighted by atomic mass is 10.4. The Balaban J connectivity index is 2.89. The van der Waals surface area contributed by atoms with Gasteiger partial charge in [-0.15, -0.1) is 0 Å². The molecule has 0 aliphatic rings. The van der Waals surface area contributed by atoms with Crippen molar-refractivity contribution in [1.29, 1.82) is 0 Å². The van der Waals surface area contributed by atoms with Gasteiger partial charge in [0.25, 0.3) is 0 Å². The quantitative estimate of drug-likeness (QED) is 0.775. The van der Waals surface area contributed by atoms with Gasteiger partial charge in [-0.3, -0.25) is 0 Å². The van der Waals surface area contributed by atoms with E-state index in [2.05, 4.69) is 25.1 Å². The molecule has 0 saturated heterocycles. The molecule has 7 heteroatoms. The first-order chi connectivity index (χ1) is 7.42. The molecule has 1 heterocycles. The van der Waals surface area contributed by atoms with Gasteiger partial charge in [-0.25, -0.2) is 4.98 Å². The van der Waals surface area contributed by atoms with E-state index in [1.165, 1.54) is 6.07 Å². The third-order valence-corrected chi connectivity index (χ3v) is 2.77. The standard InChI is InChI=1S/C9H12BrNO4S/c1-3-14-6-8-7(10)4-5-9(11-8)15-16(2,12)13/h4-5H,3,6H2,1-2H3. The fourth-order valence-electron chi connectivity index (χ4n) is 0.966. The highest BCUT2D eigenvalue weighted by molar-refractivity contribution is 9.10. The van der Waals surface area contributed by atoms with Crippen LogP contribution in [0.3, 0.4) is 0 Å². The highest BCUT2D eigenvalue weighted by Gasteiger charge is 2.09. The Morgan fingerprint density at radius 2 is 2.12 bits per heavy atom. The third-order valence-electron chi connectivity index (χ3n) is 1.57. The number of pyridine rings is 1. The number of hydrogen-bond acceptors (Lipinski definition) is 5. The molecule has 0 aliphatic carbocycles. The average Bonchev–Trinajstić information content (AvgIpc) is 2.17. The average molecular weight is 310 g/mol. The minimum atomic E-state index is -3.55. The summed E-state index contributed by atoms with van der Waals surface area (Å²) in [5, 5.41) is 0. The van der Waals surface area contributed by atoms with Crippen LogP contribution in [0.25, 0.3) is 0 Å². The Morgan fingerprint density at radius 1 is 1.44 bits per heavy atom. The monoisotopic (exact) mass is 309 g/mol. The Hall–Kier alpha value is -0.660. The van der Waals surface area contributed by atoms with Crippen molar-refractivity contribution in [2.75, 3.05) is 12.9 Å². The van der Waals surface area contributed by atoms with Crippen LogP contribution in [-0.2, 0) is 21.5 Å². The minimum Gasteiger partial charge on any atom is -0.375 e. The van der Waals surface area contributed by atoms with Gasteiger partial charge in [0, 0.05) is 17.1 Å². The maximum Gasteiger partial charge on any atom is 0.307 e. The first-order valence-corrected chi connectivity index (χ1v) is 7.16. The van der Waals surface area contributed by atoms with Gasteiger partial charge in [-0.2, -0.15) is 8.42 Å². The maximum absolute atomic E-state index is 10.9. The molecule has 5 nitrogen and oxygen atoms in total. The number of halogens is 1. The van der Waals surface area contributed by atoms with Gasteiger partial charge in [0.05, 0.1) is 18.6 Å². The zero-order chi connectivity index (χ0) is 12.2. The minimum absolute atomic E-state index is 0.0420. The summed E-state index contributed by atoms with van der Waals surface area (Å²) in [6, 6.07) is 3.14. The summed E-state index contributed by atoms with van der Waals surface area (Å²) in [5.74, 6) is 0.0420. The van der Waals surface area contributed by atoms with E-state index >= 15 is 0 Å². The van der Waals surface area contributed by atoms with Crippen LogP contribution in [-0.4, -0.2) is 26.3 Å². The second kappa shape index (κ2) is 5.60. The molecular formula is C9H12BrNO4S. The van der Waals surface area contributed by atoms with Gasteiger partial charge in [0.15, 0.2) is 0 Å². The number of rotatable bonds is 5. The van der Waals surface area contributed by atoms with E-state index in [0.717, 1.165) is 10.7 Å². The molecule has 0 amide bonds. The number of ether oxygens (including phenoxy) is 1. The molecule has 0 aliphatic heterocycles. The molecule has 0 spiro atoms. The lowest BCUT2D eigenvalue weighted by Crippen LogP contribution is -2.08. The van der Waals surface area contributed by atoms with Crippen LogP contribution in [0.15, 0.2) is 16.6 Å². The highest BCUT2D eigenvalue weighted by atomic mass is 79.9. The lowest BCUT2D eigenvalue weighted by Gasteiger charge is -2.06. The first kappa shape index (κ1) is 13.4. The summed E-state index contributed by atoms with van der Waals surface area (Å²) in [5.41, 5.74) is 0.600. The van der Waals surface area contributed by atoms with Crippen molar-refractivity contribution in [1.82, 2.24) is 4.98 Å². The molecule has 1 aromatic rings. The number of nitrogens with zero attached hydrogens (tertiary/aromatic N) is 1. The SMILES string of the molecule is CCOCc1nc(OS(C)(=O)=O)ccc1Br. The van der Waals surface area contributed by atoms with E-state index < -0.39 is 10.1 Å². The fraction of sp³-hybridized carbons (Fsp3) is 0.444. The second-order valence-corrected chi connectivity index (χ2v) is 5.43. The van der Waals surface area contributed by atoms with Crippen LogP contribution in [0, 0.1) is 0 Å². The highest BCUT2D eigenvalue weighted by Crippen LogP contribution is 2.20. The molecule has 0 unspecified atom stereocenters. The molecule has 0 bridgehead atoms. The van der Waals surface area contributed by atoms with Crippen molar-refractivity contribution < 1.29 is 17.3 Å². The van der Waals surface area contributed by atoms with Gasteiger partial charge in [-0.05, 0) is 28.9 Å². The molecule has 16 heavy (non-hydrogen) atoms. The van der Waals surface area contributed by atoms with E-state index in [-0.39, 0.29) is 5.88 Å². The zero-order valence-corrected chi connectivity index (χ0v) is 11.3. The summed E-state index contributed by atoms with van der Waals surface area (Å²) in [7, 11) is -3.55. The molecule has 0 atom stereocenters. The van der Waals surface area contributed by atoms with Crippen LogP contribution in [0.2, 0.25) is 0 Å². The van der Waals surface area contributed by atoms with Gasteiger partial charge in [0.2, 0.25) is 5.88 Å². The third kappa shape index (κ3) is 4.46. The van der Waals surface area contributed by atoms with Gasteiger partial charge < -0.3 is 8.92 Å². The summed E-state index contributed by atoms with van der Waals surface area (Å²) >= 11 is 3.29. The van der Waals surface area contributed by atoms with Gasteiger partial charge in [-0.1, -0.05) is 0 Å². The van der Waals surface area contributed by atoms with Crippen molar-refractivity contribution in [2.24, 2.45) is 0 Å². The van der Waals surface area contributed by atoms with Crippen molar-refractivity contribution in [3.05, 3.63) is 22.3 Å². The second-order valence-electron chi connectivity index (χ2n) is 3.00. The summed E-state index contributed by atoms with van der Waals surface area (Å²) < 4.78 is 32.4. The molecule has 0 fully saturated rings. The van der Waals surface area contributed by atoms with E-state index in [1.54, 1.807) is 6.07 Å². The van der Waals surface area contributed by atoms with Crippen LogP contribution in [0.4, 0.5) is 0 Å². The van der Waals surface area contributed by atoms with E-state index in [4.69, 9.17) is 4.74 Å². The molecule has 0 radical (unpaired) electrons. The maximum atomic E-state index is 10.9. The number of aromatic nitrogens is 1. The summed E-state index contributed by atoms with van der Waals surface area (Å²) in [4.78, 5) is 4.02. The summed E-state index contributed by atoms with van der Waals surface area (Å²) in [6.07, 6.45) is 0.971. The van der Waals surface area contributed by atoms with Crippen molar-refractivity contribution in [2.45, 2.75) is 13.5 Å². The Labute approximate surface area is 103 Å². The molecule has 0 aromatic carbocycles. The van der Waals surface area contributed by atoms with E-state index in [0.29, 0.717) is 18.9 Å². The van der Waals surface area contributed by atoms with Gasteiger partial charge in [0.1, 0.15) is 0 Å². The van der Waals surface area contributed by atoms with Crippen LogP contribution < -0.4 is 4.18 Å². The molecule has 0 N–H and O–H groups in total. The smallest absolute Gasteiger partial charge is 0.307 e. The summed E-state index contributed by atoms with van der Waals surface area (Å²) in [6.45, 7) is 2.73. The zero-order valence-electron chi connectivity index (χ0n) is 8.94. The first-order valence-electron chi connectivity index (χ1n) is 4.55. The molecule has 1 rings (SSSR count). The normalized spacial score (nSPS) is 11.4. The van der Waals surface area contributed by atoms with Crippen molar-refractivity contribution >= 4 is 26.0 Å². The Bertz CT molecular complexity index is 461. The topological polar surface area (TPSA) is 65.5 Å². The lowest BCUT2D eigenvalue weighted by molar-refractivity contribution is 0.130. The molecule has 90 valence electrons. The van der Waals surface area contributed by atoms with Crippen molar-refractivity contribution in [3.63, 3.8) is 0 Å². The predicted molar refractivity (Wildman–Crippen MR) is 62.7 cm³/mol. The molecular weight excluding hydrogens is 298 g/mol. The van der Waals surface area contributed by atoms with Crippen LogP contribution in [0.1, 0.15) is 12.6 Å². The fourth-order valence-corrected chi connectivity index (χ4v) is 1.70. The Morgan fingerprint density at radius 3 is 2.69 bits per heavy atom. The van der Waals surface area contributed by atoms with Crippen molar-refractivity contribution in [3.8, 4) is 5.88 Å². The Kier molecular flexibility index (Phi) is 4.69. The van der Waals surface area contributed by atoms with Gasteiger partial charge >= 0.3 is 10.1 Å². The van der Waals surface area contributed by atoms with E-state index in [9.17, 15) is 8.42 Å². The largest absolute Gasteiger partial charge is 0.375 e. The van der Waals surface area contributed by atoms with Crippen LogP contribution >= 0.6 is 15.9 Å². The molecule has 0 saturated carbocycles.